The van der Waals surface area contributed by atoms with Crippen molar-refractivity contribution < 1.29 is 23.8 Å². The lowest BCUT2D eigenvalue weighted by Crippen LogP contribution is -2.13. The van der Waals surface area contributed by atoms with Crippen molar-refractivity contribution in [2.75, 3.05) is 6.61 Å². The van der Waals surface area contributed by atoms with Crippen LogP contribution in [0.2, 0.25) is 0 Å². The topological polar surface area (TPSA) is 70.4 Å². The molecule has 0 aromatic carbocycles. The number of carbonyl (C=O) groups is 2. The van der Waals surface area contributed by atoms with Gasteiger partial charge in [0.25, 0.3) is 0 Å². The monoisotopic (exact) mass is 244 g/mol. The molecule has 0 saturated heterocycles. The molecule has 0 aliphatic carbocycles. The molecule has 1 heterocycles. The standard InChI is InChI=1S/C10H13FN2O4/c1-4-16-9(14)7-5-8(10(15)17-11)13(12-7)6(2)3/h5-6H,4H2,1-3H3. The van der Waals surface area contributed by atoms with Crippen LogP contribution in [0.4, 0.5) is 4.53 Å². The van der Waals surface area contributed by atoms with Gasteiger partial charge in [0, 0.05) is 16.6 Å². The van der Waals surface area contributed by atoms with Crippen LogP contribution in [0, 0.1) is 0 Å². The molecule has 94 valence electrons. The van der Waals surface area contributed by atoms with Crippen molar-refractivity contribution in [3.8, 4) is 0 Å². The van der Waals surface area contributed by atoms with Gasteiger partial charge in [0.2, 0.25) is 0 Å². The van der Waals surface area contributed by atoms with Crippen LogP contribution in [0.25, 0.3) is 0 Å². The molecular formula is C10H13FN2O4. The van der Waals surface area contributed by atoms with Crippen molar-refractivity contribution in [1.29, 1.82) is 0 Å². The van der Waals surface area contributed by atoms with Crippen molar-refractivity contribution in [3.05, 3.63) is 17.5 Å². The molecule has 0 aliphatic heterocycles. The number of hydrogen-bond acceptors (Lipinski definition) is 5. The first-order valence-electron chi connectivity index (χ1n) is 5.10. The molecule has 0 atom stereocenters. The molecule has 1 aromatic heterocycles. The third-order valence-electron chi connectivity index (χ3n) is 1.99. The molecule has 7 heteroatoms. The van der Waals surface area contributed by atoms with Crippen LogP contribution in [-0.2, 0) is 9.68 Å². The summed E-state index contributed by atoms with van der Waals surface area (Å²) in [7, 11) is 0. The van der Waals surface area contributed by atoms with Crippen molar-refractivity contribution >= 4 is 11.9 Å². The summed E-state index contributed by atoms with van der Waals surface area (Å²) in [6, 6.07) is 0.923. The third kappa shape index (κ3) is 2.80. The predicted octanol–water partition coefficient (Wildman–Crippen LogP) is 1.68. The van der Waals surface area contributed by atoms with Gasteiger partial charge in [-0.05, 0) is 20.8 Å². The minimum absolute atomic E-state index is 0.0547. The van der Waals surface area contributed by atoms with Gasteiger partial charge in [-0.1, -0.05) is 0 Å². The minimum Gasteiger partial charge on any atom is -0.461 e. The molecule has 0 bridgehead atoms. The maximum Gasteiger partial charge on any atom is 0.397 e. The highest BCUT2D eigenvalue weighted by Crippen LogP contribution is 2.13. The first kappa shape index (κ1) is 13.1. The molecule has 0 radical (unpaired) electrons. The summed E-state index contributed by atoms with van der Waals surface area (Å²) in [5.41, 5.74) is -0.188. The molecule has 0 spiro atoms. The zero-order valence-electron chi connectivity index (χ0n) is 9.77. The summed E-state index contributed by atoms with van der Waals surface area (Å²) >= 11 is 0. The third-order valence-corrected chi connectivity index (χ3v) is 1.99. The Kier molecular flexibility index (Phi) is 4.19. The van der Waals surface area contributed by atoms with Gasteiger partial charge >= 0.3 is 11.9 Å². The zero-order valence-corrected chi connectivity index (χ0v) is 9.77. The molecule has 6 nitrogen and oxygen atoms in total. The molecule has 0 unspecified atom stereocenters. The summed E-state index contributed by atoms with van der Waals surface area (Å²) in [5.74, 6) is -1.86. The number of halogens is 1. The van der Waals surface area contributed by atoms with Crippen molar-refractivity contribution in [2.45, 2.75) is 26.8 Å². The highest BCUT2D eigenvalue weighted by atomic mass is 19.3. The molecule has 0 aliphatic rings. The quantitative estimate of drug-likeness (QED) is 0.753. The molecule has 0 fully saturated rings. The zero-order chi connectivity index (χ0) is 13.0. The second kappa shape index (κ2) is 5.42. The fourth-order valence-electron chi connectivity index (χ4n) is 1.28. The second-order valence-electron chi connectivity index (χ2n) is 3.54. The largest absolute Gasteiger partial charge is 0.461 e. The lowest BCUT2D eigenvalue weighted by molar-refractivity contribution is -0.0798. The highest BCUT2D eigenvalue weighted by Gasteiger charge is 2.22. The highest BCUT2D eigenvalue weighted by molar-refractivity contribution is 5.93. The van der Waals surface area contributed by atoms with Gasteiger partial charge in [-0.3, -0.25) is 4.68 Å². The normalized spacial score (nSPS) is 10.4. The maximum absolute atomic E-state index is 11.9. The first-order chi connectivity index (χ1) is 8.01. The Bertz CT molecular complexity index is 428. The smallest absolute Gasteiger partial charge is 0.397 e. The van der Waals surface area contributed by atoms with Gasteiger partial charge < -0.3 is 4.74 Å². The Balaban J connectivity index is 3.12. The van der Waals surface area contributed by atoms with Crippen LogP contribution < -0.4 is 0 Å². The number of aromatic nitrogens is 2. The van der Waals surface area contributed by atoms with Gasteiger partial charge in [0.15, 0.2) is 11.4 Å². The van der Waals surface area contributed by atoms with Crippen LogP contribution >= 0.6 is 0 Å². The number of ether oxygens (including phenoxy) is 1. The van der Waals surface area contributed by atoms with E-state index in [1.807, 2.05) is 0 Å². The van der Waals surface area contributed by atoms with E-state index in [-0.39, 0.29) is 24.0 Å². The number of hydrogen-bond donors (Lipinski definition) is 0. The molecule has 1 rings (SSSR count). The number of esters is 1. The van der Waals surface area contributed by atoms with Gasteiger partial charge in [-0.25, -0.2) is 14.5 Å². The van der Waals surface area contributed by atoms with Crippen molar-refractivity contribution in [3.63, 3.8) is 0 Å². The van der Waals surface area contributed by atoms with E-state index in [1.54, 1.807) is 20.8 Å². The van der Waals surface area contributed by atoms with E-state index in [9.17, 15) is 14.1 Å². The average molecular weight is 244 g/mol. The van der Waals surface area contributed by atoms with E-state index < -0.39 is 11.9 Å². The minimum atomic E-state index is -1.19. The van der Waals surface area contributed by atoms with Crippen molar-refractivity contribution in [1.82, 2.24) is 9.78 Å². The number of rotatable bonds is 4. The van der Waals surface area contributed by atoms with Crippen molar-refractivity contribution in [2.24, 2.45) is 0 Å². The summed E-state index contributed by atoms with van der Waals surface area (Å²) in [6.45, 7) is 5.30. The SMILES string of the molecule is CCOC(=O)c1cc(C(=O)OF)n(C(C)C)n1. The predicted molar refractivity (Wildman–Crippen MR) is 55.1 cm³/mol. The van der Waals surface area contributed by atoms with Gasteiger partial charge in [-0.2, -0.15) is 5.10 Å². The summed E-state index contributed by atoms with van der Waals surface area (Å²) in [6.07, 6.45) is 0. The summed E-state index contributed by atoms with van der Waals surface area (Å²) in [4.78, 5) is 25.7. The van der Waals surface area contributed by atoms with Gasteiger partial charge in [-0.15, -0.1) is 0 Å². The van der Waals surface area contributed by atoms with Crippen LogP contribution in [0.5, 0.6) is 0 Å². The Morgan fingerprint density at radius 3 is 2.59 bits per heavy atom. The maximum atomic E-state index is 11.9. The molecule has 0 saturated carbocycles. The fraction of sp³-hybridized carbons (Fsp3) is 0.500. The Hall–Kier alpha value is -1.92. The Labute approximate surface area is 97.2 Å². The lowest BCUT2D eigenvalue weighted by Gasteiger charge is -2.07. The van der Waals surface area contributed by atoms with E-state index in [1.165, 1.54) is 4.68 Å². The van der Waals surface area contributed by atoms with E-state index >= 15 is 0 Å². The Morgan fingerprint density at radius 1 is 1.47 bits per heavy atom. The molecular weight excluding hydrogens is 231 g/mol. The number of nitrogens with zero attached hydrogens (tertiary/aromatic N) is 2. The van der Waals surface area contributed by atoms with E-state index in [4.69, 9.17) is 4.74 Å². The lowest BCUT2D eigenvalue weighted by atomic mass is 10.3. The van der Waals surface area contributed by atoms with Crippen LogP contribution in [0.3, 0.4) is 0 Å². The average Bonchev–Trinajstić information content (AvgIpc) is 2.73. The van der Waals surface area contributed by atoms with Gasteiger partial charge in [0.05, 0.1) is 6.61 Å². The van der Waals surface area contributed by atoms with Crippen LogP contribution in [0.1, 0.15) is 47.8 Å². The first-order valence-corrected chi connectivity index (χ1v) is 5.10. The second-order valence-corrected chi connectivity index (χ2v) is 3.54. The summed E-state index contributed by atoms with van der Waals surface area (Å²) in [5, 5.41) is 3.87. The molecule has 0 N–H and O–H groups in total. The van der Waals surface area contributed by atoms with E-state index in [0.29, 0.717) is 0 Å². The van der Waals surface area contributed by atoms with E-state index in [2.05, 4.69) is 10.0 Å². The van der Waals surface area contributed by atoms with Gasteiger partial charge in [0.1, 0.15) is 0 Å². The fourth-order valence-corrected chi connectivity index (χ4v) is 1.28. The molecule has 0 amide bonds. The molecule has 17 heavy (non-hydrogen) atoms. The molecule has 1 aromatic rings. The summed E-state index contributed by atoms with van der Waals surface area (Å²) < 4.78 is 17.8. The van der Waals surface area contributed by atoms with E-state index in [0.717, 1.165) is 6.07 Å². The van der Waals surface area contributed by atoms with Crippen LogP contribution in [-0.4, -0.2) is 28.3 Å². The number of carbonyl (C=O) groups excluding carboxylic acids is 2. The van der Waals surface area contributed by atoms with Crippen LogP contribution in [0.15, 0.2) is 6.07 Å². The Morgan fingerprint density at radius 2 is 2.12 bits per heavy atom.